The summed E-state index contributed by atoms with van der Waals surface area (Å²) in [5, 5.41) is 0. The summed E-state index contributed by atoms with van der Waals surface area (Å²) in [5.74, 6) is 0. The van der Waals surface area contributed by atoms with E-state index in [9.17, 15) is 4.79 Å². The summed E-state index contributed by atoms with van der Waals surface area (Å²) < 4.78 is 0. The Balaban J connectivity index is 2.36. The summed E-state index contributed by atoms with van der Waals surface area (Å²) in [5.41, 5.74) is 9.64. The maximum absolute atomic E-state index is 12.5. The van der Waals surface area contributed by atoms with Crippen molar-refractivity contribution in [1.29, 1.82) is 0 Å². The minimum atomic E-state index is 0.778. The normalized spacial score (nSPS) is 11.9. The van der Waals surface area contributed by atoms with Gasteiger partial charge in [-0.05, 0) is 82.0 Å². The molecule has 0 aliphatic carbocycles. The van der Waals surface area contributed by atoms with E-state index in [1.165, 1.54) is 0 Å². The first kappa shape index (κ1) is 27.0. The molecule has 0 spiro atoms. The van der Waals surface area contributed by atoms with Crippen LogP contribution < -0.4 is 0 Å². The van der Waals surface area contributed by atoms with Gasteiger partial charge in [0.15, 0.2) is 6.29 Å². The molecule has 3 nitrogen and oxygen atoms in total. The SMILES string of the molecule is CCN(CC)C(=Cc1ccccc1)c1cc(C(=Cc2ccccc2)N(CC)CC)c(C)c(C=O)c1C. The van der Waals surface area contributed by atoms with Crippen LogP contribution in [0.4, 0.5) is 0 Å². The average Bonchev–Trinajstić information content (AvgIpc) is 2.91. The standard InChI is InChI=1S/C33H40N2O/c1-7-34(8-2)32(21-27-17-13-11-14-18-27)29-23-30(26(6)31(24-36)25(29)5)33(35(9-3)10-4)22-28-19-15-12-16-20-28/h11-24H,7-10H2,1-6H3. The molecule has 3 rings (SSSR count). The van der Waals surface area contributed by atoms with Crippen LogP contribution in [-0.2, 0) is 0 Å². The maximum atomic E-state index is 12.5. The van der Waals surface area contributed by atoms with Gasteiger partial charge in [0.1, 0.15) is 0 Å². The lowest BCUT2D eigenvalue weighted by molar-refractivity contribution is 0.112. The molecule has 0 heterocycles. The van der Waals surface area contributed by atoms with Gasteiger partial charge >= 0.3 is 0 Å². The third kappa shape index (κ3) is 5.96. The van der Waals surface area contributed by atoms with E-state index in [2.05, 4.69) is 118 Å². The van der Waals surface area contributed by atoms with Gasteiger partial charge in [0.05, 0.1) is 0 Å². The summed E-state index contributed by atoms with van der Waals surface area (Å²) in [6.07, 6.45) is 5.53. The minimum Gasteiger partial charge on any atom is -0.372 e. The highest BCUT2D eigenvalue weighted by atomic mass is 16.1. The highest BCUT2D eigenvalue weighted by Crippen LogP contribution is 2.35. The van der Waals surface area contributed by atoms with Gasteiger partial charge in [-0.25, -0.2) is 0 Å². The van der Waals surface area contributed by atoms with E-state index in [0.717, 1.165) is 82.8 Å². The smallest absolute Gasteiger partial charge is 0.150 e. The van der Waals surface area contributed by atoms with E-state index in [1.807, 2.05) is 12.1 Å². The van der Waals surface area contributed by atoms with Gasteiger partial charge in [-0.3, -0.25) is 4.79 Å². The Morgan fingerprint density at radius 3 is 1.31 bits per heavy atom. The Labute approximate surface area is 217 Å². The maximum Gasteiger partial charge on any atom is 0.150 e. The molecule has 0 aromatic heterocycles. The van der Waals surface area contributed by atoms with E-state index in [0.29, 0.717) is 0 Å². The lowest BCUT2D eigenvalue weighted by atomic mass is 9.89. The fourth-order valence-corrected chi connectivity index (χ4v) is 4.86. The molecule has 0 saturated heterocycles. The predicted octanol–water partition coefficient (Wildman–Crippen LogP) is 7.80. The molecular formula is C33H40N2O. The van der Waals surface area contributed by atoms with Crippen LogP contribution in [0, 0.1) is 13.8 Å². The number of hydrogen-bond acceptors (Lipinski definition) is 3. The topological polar surface area (TPSA) is 23.6 Å². The molecule has 0 aliphatic heterocycles. The van der Waals surface area contributed by atoms with Crippen LogP contribution in [0.5, 0.6) is 0 Å². The zero-order chi connectivity index (χ0) is 26.1. The predicted molar refractivity (Wildman–Crippen MR) is 156 cm³/mol. The van der Waals surface area contributed by atoms with Crippen LogP contribution in [0.2, 0.25) is 0 Å². The molecule has 0 amide bonds. The van der Waals surface area contributed by atoms with Gasteiger partial charge in [-0.1, -0.05) is 60.7 Å². The molecule has 0 saturated carbocycles. The Morgan fingerprint density at radius 2 is 1.00 bits per heavy atom. The molecule has 36 heavy (non-hydrogen) atoms. The van der Waals surface area contributed by atoms with Crippen molar-refractivity contribution in [3.63, 3.8) is 0 Å². The molecule has 3 aromatic rings. The third-order valence-corrected chi connectivity index (χ3v) is 6.99. The fourth-order valence-electron chi connectivity index (χ4n) is 4.86. The summed E-state index contributed by atoms with van der Waals surface area (Å²) in [6.45, 7) is 16.4. The van der Waals surface area contributed by atoms with Crippen molar-refractivity contribution in [3.05, 3.63) is 106 Å². The number of rotatable bonds is 11. The second-order valence-corrected chi connectivity index (χ2v) is 8.98. The molecule has 0 fully saturated rings. The number of carbonyl (C=O) groups excluding carboxylic acids is 1. The zero-order valence-corrected chi connectivity index (χ0v) is 22.7. The molecule has 0 bridgehead atoms. The summed E-state index contributed by atoms with van der Waals surface area (Å²) in [4.78, 5) is 17.2. The fraction of sp³-hybridized carbons (Fsp3) is 0.303. The highest BCUT2D eigenvalue weighted by molar-refractivity contribution is 5.93. The summed E-state index contributed by atoms with van der Waals surface area (Å²) in [6, 6.07) is 23.2. The van der Waals surface area contributed by atoms with Crippen LogP contribution in [0.15, 0.2) is 66.7 Å². The number of benzene rings is 3. The average molecular weight is 481 g/mol. The van der Waals surface area contributed by atoms with E-state index >= 15 is 0 Å². The second kappa shape index (κ2) is 12.9. The Bertz CT molecular complexity index is 1110. The molecule has 3 heteroatoms. The van der Waals surface area contributed by atoms with Gasteiger partial charge in [0, 0.05) is 54.3 Å². The number of carbonyl (C=O) groups is 1. The van der Waals surface area contributed by atoms with Crippen molar-refractivity contribution in [2.24, 2.45) is 0 Å². The lowest BCUT2D eigenvalue weighted by Gasteiger charge is -2.30. The Morgan fingerprint density at radius 1 is 0.639 bits per heavy atom. The molecule has 0 radical (unpaired) electrons. The Hall–Kier alpha value is -3.59. The van der Waals surface area contributed by atoms with Gasteiger partial charge in [-0.2, -0.15) is 0 Å². The first-order chi connectivity index (χ1) is 17.5. The van der Waals surface area contributed by atoms with Gasteiger partial charge < -0.3 is 9.80 Å². The largest absolute Gasteiger partial charge is 0.372 e. The van der Waals surface area contributed by atoms with Crippen molar-refractivity contribution >= 4 is 29.8 Å². The Kier molecular flexibility index (Phi) is 9.69. The monoisotopic (exact) mass is 480 g/mol. The molecular weight excluding hydrogens is 440 g/mol. The van der Waals surface area contributed by atoms with Crippen molar-refractivity contribution in [3.8, 4) is 0 Å². The van der Waals surface area contributed by atoms with Crippen molar-refractivity contribution in [2.45, 2.75) is 41.5 Å². The number of aldehydes is 1. The van der Waals surface area contributed by atoms with E-state index in [-0.39, 0.29) is 0 Å². The first-order valence-electron chi connectivity index (χ1n) is 13.1. The minimum absolute atomic E-state index is 0.778. The summed E-state index contributed by atoms with van der Waals surface area (Å²) in [7, 11) is 0. The molecule has 3 aromatic carbocycles. The van der Waals surface area contributed by atoms with Crippen LogP contribution in [0.3, 0.4) is 0 Å². The van der Waals surface area contributed by atoms with Crippen LogP contribution in [0.1, 0.15) is 71.4 Å². The van der Waals surface area contributed by atoms with E-state index < -0.39 is 0 Å². The lowest BCUT2D eigenvalue weighted by Crippen LogP contribution is -2.24. The van der Waals surface area contributed by atoms with Crippen LogP contribution in [0.25, 0.3) is 23.5 Å². The summed E-state index contributed by atoms with van der Waals surface area (Å²) >= 11 is 0. The molecule has 0 N–H and O–H groups in total. The third-order valence-electron chi connectivity index (χ3n) is 6.99. The number of hydrogen-bond donors (Lipinski definition) is 0. The first-order valence-corrected chi connectivity index (χ1v) is 13.1. The highest BCUT2D eigenvalue weighted by Gasteiger charge is 2.21. The van der Waals surface area contributed by atoms with Gasteiger partial charge in [0.2, 0.25) is 0 Å². The quantitative estimate of drug-likeness (QED) is 0.207. The number of nitrogens with zero attached hydrogens (tertiary/aromatic N) is 2. The van der Waals surface area contributed by atoms with Crippen LogP contribution >= 0.6 is 0 Å². The van der Waals surface area contributed by atoms with Gasteiger partial charge in [-0.15, -0.1) is 0 Å². The van der Waals surface area contributed by atoms with Crippen molar-refractivity contribution in [1.82, 2.24) is 9.80 Å². The van der Waals surface area contributed by atoms with Crippen molar-refractivity contribution < 1.29 is 4.79 Å². The molecule has 0 aliphatic rings. The van der Waals surface area contributed by atoms with E-state index in [4.69, 9.17) is 0 Å². The van der Waals surface area contributed by atoms with Crippen molar-refractivity contribution in [2.75, 3.05) is 26.2 Å². The van der Waals surface area contributed by atoms with Gasteiger partial charge in [0.25, 0.3) is 0 Å². The second-order valence-electron chi connectivity index (χ2n) is 8.98. The van der Waals surface area contributed by atoms with E-state index in [1.54, 1.807) is 0 Å². The molecule has 188 valence electrons. The molecule has 0 atom stereocenters. The van der Waals surface area contributed by atoms with Crippen LogP contribution in [-0.4, -0.2) is 42.3 Å². The zero-order valence-electron chi connectivity index (χ0n) is 22.7. The molecule has 0 unspecified atom stereocenters.